The fourth-order valence-corrected chi connectivity index (χ4v) is 3.41. The summed E-state index contributed by atoms with van der Waals surface area (Å²) in [4.78, 5) is 11.7. The number of benzene rings is 1. The number of hydrogen-bond acceptors (Lipinski definition) is 4. The molecule has 2 aliphatic heterocycles. The zero-order valence-corrected chi connectivity index (χ0v) is 12.2. The smallest absolute Gasteiger partial charge is 0.135 e. The Morgan fingerprint density at radius 2 is 1.86 bits per heavy atom. The fraction of sp³-hybridized carbons (Fsp3) is 0.412. The number of nitrogens with one attached hydrogen (secondary N) is 1. The second-order valence-electron chi connectivity index (χ2n) is 5.79. The molecule has 4 heteroatoms. The molecule has 0 amide bonds. The van der Waals surface area contributed by atoms with Crippen molar-refractivity contribution in [2.45, 2.75) is 25.7 Å². The van der Waals surface area contributed by atoms with E-state index in [-0.39, 0.29) is 0 Å². The summed E-state index contributed by atoms with van der Waals surface area (Å²) in [5, 5.41) is 3.52. The number of rotatable bonds is 1. The summed E-state index contributed by atoms with van der Waals surface area (Å²) < 4.78 is 0. The third-order valence-electron chi connectivity index (χ3n) is 4.45. The number of hydrogen-bond donors (Lipinski definition) is 1. The van der Waals surface area contributed by atoms with Gasteiger partial charge in [0.05, 0.1) is 5.69 Å². The molecule has 2 aliphatic rings. The van der Waals surface area contributed by atoms with Crippen LogP contribution in [0.25, 0.3) is 11.3 Å². The van der Waals surface area contributed by atoms with Crippen LogP contribution in [0.1, 0.15) is 24.8 Å². The van der Waals surface area contributed by atoms with Crippen LogP contribution >= 0.6 is 0 Å². The SMILES string of the molecule is c1ccc2c(c1)NCCc1c-2ncnc1N1CCCCC1. The highest BCUT2D eigenvalue weighted by Gasteiger charge is 2.22. The van der Waals surface area contributed by atoms with Gasteiger partial charge >= 0.3 is 0 Å². The lowest BCUT2D eigenvalue weighted by Gasteiger charge is -2.29. The summed E-state index contributed by atoms with van der Waals surface area (Å²) in [7, 11) is 0. The number of para-hydroxylation sites is 1. The normalized spacial score (nSPS) is 17.4. The lowest BCUT2D eigenvalue weighted by atomic mass is 10.0. The van der Waals surface area contributed by atoms with Crippen LogP contribution in [0, 0.1) is 0 Å². The minimum Gasteiger partial charge on any atom is -0.384 e. The maximum absolute atomic E-state index is 4.62. The van der Waals surface area contributed by atoms with E-state index in [0.29, 0.717) is 0 Å². The van der Waals surface area contributed by atoms with Crippen LogP contribution in [-0.2, 0) is 6.42 Å². The second-order valence-corrected chi connectivity index (χ2v) is 5.79. The third kappa shape index (κ3) is 2.24. The third-order valence-corrected chi connectivity index (χ3v) is 4.45. The molecular weight excluding hydrogens is 260 g/mol. The molecule has 0 unspecified atom stereocenters. The molecule has 3 heterocycles. The molecule has 0 aliphatic carbocycles. The molecule has 1 saturated heterocycles. The van der Waals surface area contributed by atoms with Gasteiger partial charge in [-0.1, -0.05) is 18.2 Å². The van der Waals surface area contributed by atoms with E-state index >= 15 is 0 Å². The van der Waals surface area contributed by atoms with Crippen LogP contribution in [0.2, 0.25) is 0 Å². The molecule has 1 fully saturated rings. The Morgan fingerprint density at radius 1 is 1.00 bits per heavy atom. The van der Waals surface area contributed by atoms with Crippen molar-refractivity contribution in [3.05, 3.63) is 36.2 Å². The van der Waals surface area contributed by atoms with Gasteiger partial charge in [-0.05, 0) is 31.7 Å². The number of nitrogens with zero attached hydrogens (tertiary/aromatic N) is 3. The highest BCUT2D eigenvalue weighted by molar-refractivity contribution is 5.81. The van der Waals surface area contributed by atoms with Crippen LogP contribution in [0.4, 0.5) is 11.5 Å². The van der Waals surface area contributed by atoms with Crippen LogP contribution in [0.3, 0.4) is 0 Å². The fourth-order valence-electron chi connectivity index (χ4n) is 3.41. The molecule has 0 saturated carbocycles. The molecule has 1 aromatic carbocycles. The topological polar surface area (TPSA) is 41.1 Å². The molecule has 0 bridgehead atoms. The second kappa shape index (κ2) is 5.35. The number of aromatic nitrogens is 2. The van der Waals surface area contributed by atoms with E-state index in [2.05, 4.69) is 44.5 Å². The maximum Gasteiger partial charge on any atom is 0.135 e. The Labute approximate surface area is 125 Å². The van der Waals surface area contributed by atoms with E-state index in [4.69, 9.17) is 0 Å². The van der Waals surface area contributed by atoms with Crippen molar-refractivity contribution in [1.29, 1.82) is 0 Å². The molecule has 0 spiro atoms. The molecule has 1 aromatic heterocycles. The first kappa shape index (κ1) is 12.6. The first-order valence-electron chi connectivity index (χ1n) is 7.85. The van der Waals surface area contributed by atoms with E-state index < -0.39 is 0 Å². The summed E-state index contributed by atoms with van der Waals surface area (Å²) in [5.41, 5.74) is 4.79. The van der Waals surface area contributed by atoms with Crippen molar-refractivity contribution >= 4 is 11.5 Å². The number of piperidine rings is 1. The van der Waals surface area contributed by atoms with E-state index in [1.54, 1.807) is 6.33 Å². The van der Waals surface area contributed by atoms with Gasteiger partial charge in [0.2, 0.25) is 0 Å². The van der Waals surface area contributed by atoms with Gasteiger partial charge in [-0.3, -0.25) is 0 Å². The summed E-state index contributed by atoms with van der Waals surface area (Å²) in [6, 6.07) is 8.44. The predicted octanol–water partition coefficient (Wildman–Crippen LogP) is 3.10. The van der Waals surface area contributed by atoms with Crippen LogP contribution in [0.5, 0.6) is 0 Å². The van der Waals surface area contributed by atoms with Crippen molar-refractivity contribution in [2.75, 3.05) is 29.9 Å². The zero-order valence-electron chi connectivity index (χ0n) is 12.2. The van der Waals surface area contributed by atoms with Crippen LogP contribution in [0.15, 0.2) is 30.6 Å². The molecule has 21 heavy (non-hydrogen) atoms. The highest BCUT2D eigenvalue weighted by Crippen LogP contribution is 2.35. The average molecular weight is 280 g/mol. The summed E-state index contributed by atoms with van der Waals surface area (Å²) >= 11 is 0. The summed E-state index contributed by atoms with van der Waals surface area (Å²) in [5.74, 6) is 1.15. The zero-order chi connectivity index (χ0) is 14.1. The summed E-state index contributed by atoms with van der Waals surface area (Å²) in [6.07, 6.45) is 6.59. The van der Waals surface area contributed by atoms with Gasteiger partial charge in [0.1, 0.15) is 12.1 Å². The molecule has 1 N–H and O–H groups in total. The molecule has 4 nitrogen and oxygen atoms in total. The monoisotopic (exact) mass is 280 g/mol. The lowest BCUT2D eigenvalue weighted by molar-refractivity contribution is 0.571. The van der Waals surface area contributed by atoms with Gasteiger partial charge < -0.3 is 10.2 Å². The quantitative estimate of drug-likeness (QED) is 0.871. The number of fused-ring (bicyclic) bond motifs is 3. The Morgan fingerprint density at radius 3 is 2.76 bits per heavy atom. The van der Waals surface area contributed by atoms with Crippen LogP contribution < -0.4 is 10.2 Å². The Balaban J connectivity index is 1.83. The highest BCUT2D eigenvalue weighted by atomic mass is 15.2. The van der Waals surface area contributed by atoms with E-state index in [9.17, 15) is 0 Å². The predicted molar refractivity (Wildman–Crippen MR) is 85.7 cm³/mol. The average Bonchev–Trinajstić information content (AvgIpc) is 2.75. The molecule has 2 aromatic rings. The van der Waals surface area contributed by atoms with Crippen molar-refractivity contribution in [3.63, 3.8) is 0 Å². The van der Waals surface area contributed by atoms with Crippen molar-refractivity contribution in [3.8, 4) is 11.3 Å². The van der Waals surface area contributed by atoms with Gasteiger partial charge in [0.15, 0.2) is 0 Å². The van der Waals surface area contributed by atoms with E-state index in [1.807, 2.05) is 0 Å². The molecule has 0 atom stereocenters. The molecule has 108 valence electrons. The molecule has 0 radical (unpaired) electrons. The van der Waals surface area contributed by atoms with Gasteiger partial charge in [-0.15, -0.1) is 0 Å². The summed E-state index contributed by atoms with van der Waals surface area (Å²) in [6.45, 7) is 3.19. The van der Waals surface area contributed by atoms with Crippen molar-refractivity contribution in [2.24, 2.45) is 0 Å². The number of anilines is 2. The van der Waals surface area contributed by atoms with E-state index in [0.717, 1.165) is 37.6 Å². The Kier molecular flexibility index (Phi) is 3.22. The Hall–Kier alpha value is -2.10. The van der Waals surface area contributed by atoms with Gasteiger partial charge in [0, 0.05) is 36.4 Å². The van der Waals surface area contributed by atoms with Crippen LogP contribution in [-0.4, -0.2) is 29.6 Å². The Bertz CT molecular complexity index is 647. The first-order valence-corrected chi connectivity index (χ1v) is 7.85. The standard InChI is InChI=1S/C17H20N4/c1-4-10-21(11-5-1)17-14-8-9-18-15-7-3-2-6-13(15)16(14)19-12-20-17/h2-3,6-7,12,18H,1,4-5,8-11H2. The maximum atomic E-state index is 4.62. The molecule has 4 rings (SSSR count). The van der Waals surface area contributed by atoms with Gasteiger partial charge in [0.25, 0.3) is 0 Å². The minimum absolute atomic E-state index is 0.943. The van der Waals surface area contributed by atoms with Gasteiger partial charge in [-0.25, -0.2) is 9.97 Å². The first-order chi connectivity index (χ1) is 10.4. The van der Waals surface area contributed by atoms with Gasteiger partial charge in [-0.2, -0.15) is 0 Å². The minimum atomic E-state index is 0.943. The largest absolute Gasteiger partial charge is 0.384 e. The van der Waals surface area contributed by atoms with Crippen molar-refractivity contribution in [1.82, 2.24) is 9.97 Å². The molecular formula is C17H20N4. The lowest BCUT2D eigenvalue weighted by Crippen LogP contribution is -2.31. The van der Waals surface area contributed by atoms with Crippen molar-refractivity contribution < 1.29 is 0 Å². The van der Waals surface area contributed by atoms with E-state index in [1.165, 1.54) is 36.1 Å².